The van der Waals surface area contributed by atoms with Crippen molar-refractivity contribution in [3.8, 4) is 0 Å². The Morgan fingerprint density at radius 1 is 1.26 bits per heavy atom. The minimum absolute atomic E-state index is 0.0927. The predicted octanol–water partition coefficient (Wildman–Crippen LogP) is 3.52. The van der Waals surface area contributed by atoms with Gasteiger partial charge in [-0.25, -0.2) is 0 Å². The molecule has 3 heterocycles. The molecule has 0 saturated carbocycles. The van der Waals surface area contributed by atoms with E-state index in [1.165, 1.54) is 11.1 Å². The molecule has 3 rings (SSSR count). The summed E-state index contributed by atoms with van der Waals surface area (Å²) in [6.07, 6.45) is 9.42. The number of aryl methyl sites for hydroxylation is 1. The first-order valence-electron chi connectivity index (χ1n) is 10.2. The van der Waals surface area contributed by atoms with Gasteiger partial charge >= 0.3 is 0 Å². The van der Waals surface area contributed by atoms with E-state index in [0.29, 0.717) is 19.4 Å². The SMILES string of the molecule is CC1=C([C@H]2CC(C)(O)C[C@@H](c3ncccc3C)N2CCCCN)N=CCC1. The Morgan fingerprint density at radius 2 is 2.04 bits per heavy atom. The zero-order valence-electron chi connectivity index (χ0n) is 17.0. The summed E-state index contributed by atoms with van der Waals surface area (Å²) in [5.41, 5.74) is 9.77. The van der Waals surface area contributed by atoms with E-state index in [-0.39, 0.29) is 12.1 Å². The van der Waals surface area contributed by atoms with Crippen LogP contribution in [0.3, 0.4) is 0 Å². The molecule has 0 spiro atoms. The van der Waals surface area contributed by atoms with Crippen LogP contribution in [0.15, 0.2) is 34.6 Å². The molecule has 1 unspecified atom stereocenters. The molecule has 2 aliphatic heterocycles. The molecule has 148 valence electrons. The number of aromatic nitrogens is 1. The van der Waals surface area contributed by atoms with Crippen molar-refractivity contribution in [3.63, 3.8) is 0 Å². The Bertz CT molecular complexity index is 710. The van der Waals surface area contributed by atoms with Crippen LogP contribution < -0.4 is 5.73 Å². The van der Waals surface area contributed by atoms with Crippen LogP contribution in [0.4, 0.5) is 0 Å². The molecule has 2 aliphatic rings. The summed E-state index contributed by atoms with van der Waals surface area (Å²) < 4.78 is 0. The number of allylic oxidation sites excluding steroid dienone is 1. The molecule has 5 nitrogen and oxygen atoms in total. The van der Waals surface area contributed by atoms with E-state index in [4.69, 9.17) is 15.7 Å². The minimum atomic E-state index is -0.732. The second-order valence-corrected chi connectivity index (χ2v) is 8.39. The first kappa shape index (κ1) is 20.2. The van der Waals surface area contributed by atoms with Gasteiger partial charge in [0.05, 0.1) is 29.1 Å². The monoisotopic (exact) mass is 370 g/mol. The lowest BCUT2D eigenvalue weighted by molar-refractivity contribution is -0.0574. The summed E-state index contributed by atoms with van der Waals surface area (Å²) in [5, 5.41) is 11.1. The van der Waals surface area contributed by atoms with Gasteiger partial charge in [0.1, 0.15) is 0 Å². The van der Waals surface area contributed by atoms with Crippen LogP contribution >= 0.6 is 0 Å². The Balaban J connectivity index is 2.01. The van der Waals surface area contributed by atoms with Crippen LogP contribution in [0.2, 0.25) is 0 Å². The van der Waals surface area contributed by atoms with Gasteiger partial charge in [-0.3, -0.25) is 14.9 Å². The van der Waals surface area contributed by atoms with Gasteiger partial charge in [-0.1, -0.05) is 6.07 Å². The largest absolute Gasteiger partial charge is 0.390 e. The van der Waals surface area contributed by atoms with E-state index in [2.05, 4.69) is 24.8 Å². The van der Waals surface area contributed by atoms with Crippen molar-refractivity contribution in [1.82, 2.24) is 9.88 Å². The van der Waals surface area contributed by atoms with Crippen molar-refractivity contribution < 1.29 is 5.11 Å². The summed E-state index contributed by atoms with van der Waals surface area (Å²) >= 11 is 0. The summed E-state index contributed by atoms with van der Waals surface area (Å²) in [5.74, 6) is 0. The number of pyridine rings is 1. The number of rotatable bonds is 6. The molecular weight excluding hydrogens is 336 g/mol. The van der Waals surface area contributed by atoms with Gasteiger partial charge in [0, 0.05) is 12.4 Å². The highest BCUT2D eigenvalue weighted by Crippen LogP contribution is 2.43. The molecule has 27 heavy (non-hydrogen) atoms. The molecule has 3 N–H and O–H groups in total. The van der Waals surface area contributed by atoms with E-state index >= 15 is 0 Å². The van der Waals surface area contributed by atoms with Crippen LogP contribution in [-0.2, 0) is 0 Å². The second-order valence-electron chi connectivity index (χ2n) is 8.39. The number of aliphatic imine (C=N–C) groups is 1. The fourth-order valence-electron chi connectivity index (χ4n) is 4.53. The first-order valence-corrected chi connectivity index (χ1v) is 10.2. The maximum atomic E-state index is 11.1. The van der Waals surface area contributed by atoms with Crippen LogP contribution in [0, 0.1) is 6.92 Å². The van der Waals surface area contributed by atoms with E-state index < -0.39 is 5.60 Å². The Kier molecular flexibility index (Phi) is 6.45. The standard InChI is InChI=1S/C22H34N4O/c1-16-8-6-11-24-20(16)18-14-22(3,27)15-19(26(18)13-5-4-10-23)21-17(2)9-7-12-25-21/h6,8,11-12,18-19,27H,4-5,7,9-10,13-15,23H2,1-3H3/t18-,19+,22?/m0/s1. The number of nitrogens with zero attached hydrogens (tertiary/aromatic N) is 3. The number of hydrogen-bond acceptors (Lipinski definition) is 5. The van der Waals surface area contributed by atoms with Gasteiger partial charge in [-0.05, 0) is 89.6 Å². The van der Waals surface area contributed by atoms with E-state index in [1.54, 1.807) is 0 Å². The van der Waals surface area contributed by atoms with Crippen molar-refractivity contribution in [2.24, 2.45) is 10.7 Å². The van der Waals surface area contributed by atoms with Crippen molar-refractivity contribution in [1.29, 1.82) is 0 Å². The number of nitrogens with two attached hydrogens (primary N) is 1. The maximum Gasteiger partial charge on any atom is 0.0657 e. The third-order valence-electron chi connectivity index (χ3n) is 5.93. The lowest BCUT2D eigenvalue weighted by Crippen LogP contribution is -2.52. The topological polar surface area (TPSA) is 74.7 Å². The van der Waals surface area contributed by atoms with Gasteiger partial charge in [-0.15, -0.1) is 0 Å². The smallest absolute Gasteiger partial charge is 0.0657 e. The van der Waals surface area contributed by atoms with Gasteiger partial charge in [0.15, 0.2) is 0 Å². The quantitative estimate of drug-likeness (QED) is 0.751. The average Bonchev–Trinajstić information content (AvgIpc) is 2.63. The molecule has 1 aromatic heterocycles. The number of aliphatic hydroxyl groups is 1. The fourth-order valence-corrected chi connectivity index (χ4v) is 4.53. The highest BCUT2D eigenvalue weighted by Gasteiger charge is 2.44. The van der Waals surface area contributed by atoms with E-state index in [1.807, 2.05) is 25.4 Å². The molecule has 0 aliphatic carbocycles. The lowest BCUT2D eigenvalue weighted by atomic mass is 9.79. The zero-order valence-corrected chi connectivity index (χ0v) is 17.0. The second kappa shape index (κ2) is 8.63. The molecule has 1 saturated heterocycles. The van der Waals surface area contributed by atoms with Crippen molar-refractivity contribution in [2.45, 2.75) is 77.0 Å². The Labute approximate surface area is 163 Å². The molecule has 0 aromatic carbocycles. The number of unbranched alkanes of at least 4 members (excludes halogenated alkanes) is 1. The van der Waals surface area contributed by atoms with Crippen LogP contribution in [0.25, 0.3) is 0 Å². The van der Waals surface area contributed by atoms with Gasteiger partial charge in [-0.2, -0.15) is 0 Å². The number of hydrogen-bond donors (Lipinski definition) is 2. The highest BCUT2D eigenvalue weighted by atomic mass is 16.3. The van der Waals surface area contributed by atoms with Crippen molar-refractivity contribution >= 4 is 6.21 Å². The summed E-state index contributed by atoms with van der Waals surface area (Å²) in [6, 6.07) is 4.31. The normalized spacial score (nSPS) is 29.4. The summed E-state index contributed by atoms with van der Waals surface area (Å²) in [6.45, 7) is 7.93. The van der Waals surface area contributed by atoms with Crippen molar-refractivity contribution in [3.05, 3.63) is 40.9 Å². The third-order valence-corrected chi connectivity index (χ3v) is 5.93. The zero-order chi connectivity index (χ0) is 19.4. The lowest BCUT2D eigenvalue weighted by Gasteiger charge is -2.48. The number of likely N-dealkylation sites (tertiary alicyclic amines) is 1. The summed E-state index contributed by atoms with van der Waals surface area (Å²) in [7, 11) is 0. The van der Waals surface area contributed by atoms with Crippen LogP contribution in [0.1, 0.15) is 69.7 Å². The summed E-state index contributed by atoms with van der Waals surface area (Å²) in [4.78, 5) is 12.0. The molecule has 0 radical (unpaired) electrons. The first-order chi connectivity index (χ1) is 12.9. The van der Waals surface area contributed by atoms with Gasteiger partial charge in [0.2, 0.25) is 0 Å². The average molecular weight is 371 g/mol. The molecule has 1 aromatic rings. The Morgan fingerprint density at radius 3 is 2.74 bits per heavy atom. The fraction of sp³-hybridized carbons (Fsp3) is 0.636. The molecular formula is C22H34N4O. The molecule has 3 atom stereocenters. The molecule has 1 fully saturated rings. The molecule has 0 bridgehead atoms. The molecule has 5 heteroatoms. The maximum absolute atomic E-state index is 11.1. The van der Waals surface area contributed by atoms with E-state index in [0.717, 1.165) is 43.6 Å². The van der Waals surface area contributed by atoms with Gasteiger partial charge < -0.3 is 10.8 Å². The number of piperidine rings is 1. The van der Waals surface area contributed by atoms with Crippen molar-refractivity contribution in [2.75, 3.05) is 13.1 Å². The van der Waals surface area contributed by atoms with Crippen LogP contribution in [0.5, 0.6) is 0 Å². The Hall–Kier alpha value is -1.56. The highest BCUT2D eigenvalue weighted by molar-refractivity contribution is 5.62. The van der Waals surface area contributed by atoms with Gasteiger partial charge in [0.25, 0.3) is 0 Å². The third kappa shape index (κ3) is 4.65. The molecule has 0 amide bonds. The predicted molar refractivity (Wildman–Crippen MR) is 111 cm³/mol. The minimum Gasteiger partial charge on any atom is -0.390 e. The van der Waals surface area contributed by atoms with E-state index in [9.17, 15) is 5.11 Å². The van der Waals surface area contributed by atoms with Crippen LogP contribution in [-0.4, -0.2) is 45.9 Å².